The molecule has 1 aliphatic rings. The standard InChI is InChI=1S/C13H12BrF2N3O2/c1-2-21-13(20)7-5-17-12-8(14)9(11(15)16)18-19(12)10(7)6-3-4-6/h5-6,11H,2-4H2,1H3. The molecule has 1 saturated carbocycles. The maximum atomic E-state index is 13.0. The fraction of sp³-hybridized carbons (Fsp3) is 0.462. The number of aromatic nitrogens is 3. The van der Waals surface area contributed by atoms with E-state index >= 15 is 0 Å². The van der Waals surface area contributed by atoms with Gasteiger partial charge in [-0.15, -0.1) is 0 Å². The molecule has 0 aromatic carbocycles. The number of ether oxygens (including phenoxy) is 1. The van der Waals surface area contributed by atoms with Crippen LogP contribution in [0.4, 0.5) is 8.78 Å². The second-order valence-electron chi connectivity index (χ2n) is 4.79. The van der Waals surface area contributed by atoms with Crippen molar-refractivity contribution in [2.75, 3.05) is 6.61 Å². The number of fused-ring (bicyclic) bond motifs is 1. The molecular weight excluding hydrogens is 348 g/mol. The molecule has 0 radical (unpaired) electrons. The molecule has 0 atom stereocenters. The van der Waals surface area contributed by atoms with Gasteiger partial charge in [0.25, 0.3) is 6.43 Å². The van der Waals surface area contributed by atoms with E-state index in [-0.39, 0.29) is 22.7 Å². The first-order valence-corrected chi connectivity index (χ1v) is 7.36. The minimum absolute atomic E-state index is 0.132. The smallest absolute Gasteiger partial charge is 0.341 e. The number of halogens is 3. The minimum Gasteiger partial charge on any atom is -0.462 e. The van der Waals surface area contributed by atoms with Crippen LogP contribution < -0.4 is 0 Å². The van der Waals surface area contributed by atoms with Crippen LogP contribution in [-0.4, -0.2) is 27.2 Å². The first-order chi connectivity index (χ1) is 10.0. The van der Waals surface area contributed by atoms with Gasteiger partial charge in [0, 0.05) is 12.1 Å². The number of hydrogen-bond donors (Lipinski definition) is 0. The number of esters is 1. The average molecular weight is 360 g/mol. The Morgan fingerprint density at radius 2 is 2.29 bits per heavy atom. The summed E-state index contributed by atoms with van der Waals surface area (Å²) in [5.41, 5.74) is 0.819. The van der Waals surface area contributed by atoms with Gasteiger partial charge in [0.2, 0.25) is 0 Å². The van der Waals surface area contributed by atoms with Crippen LogP contribution >= 0.6 is 15.9 Å². The molecule has 1 fully saturated rings. The van der Waals surface area contributed by atoms with E-state index in [1.54, 1.807) is 6.92 Å². The lowest BCUT2D eigenvalue weighted by Crippen LogP contribution is -2.13. The molecule has 2 aromatic heterocycles. The molecule has 21 heavy (non-hydrogen) atoms. The maximum Gasteiger partial charge on any atom is 0.341 e. The summed E-state index contributed by atoms with van der Waals surface area (Å²) in [6, 6.07) is 0. The molecule has 0 amide bonds. The Bertz CT molecular complexity index is 713. The lowest BCUT2D eigenvalue weighted by molar-refractivity contribution is 0.0523. The summed E-state index contributed by atoms with van der Waals surface area (Å²) < 4.78 is 32.4. The third-order valence-electron chi connectivity index (χ3n) is 3.32. The summed E-state index contributed by atoms with van der Waals surface area (Å²) in [6.07, 6.45) is 0.460. The highest BCUT2D eigenvalue weighted by molar-refractivity contribution is 9.10. The fourth-order valence-corrected chi connectivity index (χ4v) is 2.77. The average Bonchev–Trinajstić information content (AvgIpc) is 3.22. The topological polar surface area (TPSA) is 56.5 Å². The van der Waals surface area contributed by atoms with Crippen molar-refractivity contribution in [3.05, 3.63) is 27.6 Å². The van der Waals surface area contributed by atoms with Gasteiger partial charge < -0.3 is 4.74 Å². The molecule has 1 aliphatic carbocycles. The summed E-state index contributed by atoms with van der Waals surface area (Å²) in [4.78, 5) is 16.1. The lowest BCUT2D eigenvalue weighted by Gasteiger charge is -2.09. The van der Waals surface area contributed by atoms with Crippen LogP contribution in [0.25, 0.3) is 5.65 Å². The molecule has 2 heterocycles. The normalized spacial score (nSPS) is 14.9. The second-order valence-corrected chi connectivity index (χ2v) is 5.58. The monoisotopic (exact) mass is 359 g/mol. The molecular formula is C13H12BrF2N3O2. The summed E-state index contributed by atoms with van der Waals surface area (Å²) in [6.45, 7) is 1.95. The Morgan fingerprint density at radius 1 is 1.57 bits per heavy atom. The zero-order valence-corrected chi connectivity index (χ0v) is 12.7. The van der Waals surface area contributed by atoms with Crippen molar-refractivity contribution in [3.8, 4) is 0 Å². The third-order valence-corrected chi connectivity index (χ3v) is 4.08. The zero-order chi connectivity index (χ0) is 15.1. The number of carbonyl (C=O) groups is 1. The van der Waals surface area contributed by atoms with Gasteiger partial charge in [-0.3, -0.25) is 0 Å². The summed E-state index contributed by atoms with van der Waals surface area (Å²) >= 11 is 3.11. The van der Waals surface area contributed by atoms with Gasteiger partial charge in [-0.2, -0.15) is 5.10 Å². The van der Waals surface area contributed by atoms with Crippen LogP contribution in [0.15, 0.2) is 10.7 Å². The minimum atomic E-state index is -2.71. The van der Waals surface area contributed by atoms with Crippen molar-refractivity contribution >= 4 is 27.5 Å². The summed E-state index contributed by atoms with van der Waals surface area (Å²) in [5, 5.41) is 3.93. The van der Waals surface area contributed by atoms with Gasteiger partial charge in [-0.05, 0) is 35.7 Å². The van der Waals surface area contributed by atoms with Crippen LogP contribution in [-0.2, 0) is 4.74 Å². The van der Waals surface area contributed by atoms with E-state index in [9.17, 15) is 13.6 Å². The largest absolute Gasteiger partial charge is 0.462 e. The van der Waals surface area contributed by atoms with Crippen molar-refractivity contribution in [1.29, 1.82) is 0 Å². The number of hydrogen-bond acceptors (Lipinski definition) is 4. The Hall–Kier alpha value is -1.57. The predicted octanol–water partition coefficient (Wildman–Crippen LogP) is 3.48. The van der Waals surface area contributed by atoms with E-state index in [2.05, 4.69) is 26.0 Å². The molecule has 0 unspecified atom stereocenters. The van der Waals surface area contributed by atoms with Crippen molar-refractivity contribution in [1.82, 2.24) is 14.6 Å². The van der Waals surface area contributed by atoms with Gasteiger partial charge in [0.05, 0.1) is 22.3 Å². The van der Waals surface area contributed by atoms with Crippen LogP contribution in [0.5, 0.6) is 0 Å². The van der Waals surface area contributed by atoms with E-state index in [4.69, 9.17) is 4.74 Å². The van der Waals surface area contributed by atoms with E-state index in [0.717, 1.165) is 12.8 Å². The van der Waals surface area contributed by atoms with Gasteiger partial charge in [-0.25, -0.2) is 23.1 Å². The van der Waals surface area contributed by atoms with E-state index in [0.29, 0.717) is 16.9 Å². The molecule has 5 nitrogen and oxygen atoms in total. The molecule has 0 N–H and O–H groups in total. The first kappa shape index (κ1) is 14.4. The highest BCUT2D eigenvalue weighted by atomic mass is 79.9. The molecule has 2 aromatic rings. The van der Waals surface area contributed by atoms with Gasteiger partial charge in [0.1, 0.15) is 5.69 Å². The van der Waals surface area contributed by atoms with Gasteiger partial charge in [0.15, 0.2) is 5.65 Å². The van der Waals surface area contributed by atoms with Crippen molar-refractivity contribution < 1.29 is 18.3 Å². The SMILES string of the molecule is CCOC(=O)c1cnc2c(Br)c(C(F)F)nn2c1C1CC1. The van der Waals surface area contributed by atoms with Gasteiger partial charge in [-0.1, -0.05) is 0 Å². The Morgan fingerprint density at radius 3 is 2.86 bits per heavy atom. The van der Waals surface area contributed by atoms with Gasteiger partial charge >= 0.3 is 5.97 Å². The Labute approximate surface area is 127 Å². The Kier molecular flexibility index (Phi) is 3.64. The Balaban J connectivity index is 2.22. The number of alkyl halides is 2. The third kappa shape index (κ3) is 2.41. The van der Waals surface area contributed by atoms with Crippen LogP contribution in [0, 0.1) is 0 Å². The number of carbonyl (C=O) groups excluding carboxylic acids is 1. The van der Waals surface area contributed by atoms with Crippen LogP contribution in [0.1, 0.15) is 53.9 Å². The molecule has 112 valence electrons. The zero-order valence-electron chi connectivity index (χ0n) is 11.1. The lowest BCUT2D eigenvalue weighted by atomic mass is 10.1. The van der Waals surface area contributed by atoms with E-state index in [1.165, 1.54) is 10.7 Å². The van der Waals surface area contributed by atoms with Crippen LogP contribution in [0.2, 0.25) is 0 Å². The highest BCUT2D eigenvalue weighted by Gasteiger charge is 2.34. The number of rotatable bonds is 4. The molecule has 0 saturated heterocycles. The summed E-state index contributed by atoms with van der Waals surface area (Å²) in [5.74, 6) is -0.369. The molecule has 8 heteroatoms. The molecule has 0 bridgehead atoms. The quantitative estimate of drug-likeness (QED) is 0.784. The first-order valence-electron chi connectivity index (χ1n) is 6.56. The van der Waals surface area contributed by atoms with Crippen molar-refractivity contribution in [2.45, 2.75) is 32.1 Å². The van der Waals surface area contributed by atoms with E-state index < -0.39 is 12.4 Å². The molecule has 3 rings (SSSR count). The fourth-order valence-electron chi connectivity index (χ4n) is 2.25. The summed E-state index contributed by atoms with van der Waals surface area (Å²) in [7, 11) is 0. The van der Waals surface area contributed by atoms with Crippen LogP contribution in [0.3, 0.4) is 0 Å². The molecule has 0 spiro atoms. The second kappa shape index (κ2) is 5.32. The number of nitrogens with zero attached hydrogens (tertiary/aromatic N) is 3. The molecule has 0 aliphatic heterocycles. The van der Waals surface area contributed by atoms with E-state index in [1.807, 2.05) is 0 Å². The predicted molar refractivity (Wildman–Crippen MR) is 73.6 cm³/mol. The van der Waals surface area contributed by atoms with Crippen molar-refractivity contribution in [2.24, 2.45) is 0 Å². The highest BCUT2D eigenvalue weighted by Crippen LogP contribution is 2.42. The van der Waals surface area contributed by atoms with Crippen molar-refractivity contribution in [3.63, 3.8) is 0 Å². The maximum absolute atomic E-state index is 13.0.